The fraction of sp³-hybridized carbons (Fsp3) is 0.923. The highest BCUT2D eigenvalue weighted by atomic mass is 16.4. The van der Waals surface area contributed by atoms with Gasteiger partial charge in [-0.25, -0.2) is 0 Å². The van der Waals surface area contributed by atoms with Crippen LogP contribution in [0, 0.1) is 5.41 Å². The summed E-state index contributed by atoms with van der Waals surface area (Å²) in [4.78, 5) is 0. The Bertz CT molecular complexity index is 240. The van der Waals surface area contributed by atoms with E-state index in [0.717, 1.165) is 45.2 Å². The lowest BCUT2D eigenvalue weighted by atomic mass is 9.86. The maximum absolute atomic E-state index is 9.09. The van der Waals surface area contributed by atoms with E-state index in [1.807, 2.05) is 20.8 Å². The average Bonchev–Trinajstić information content (AvgIpc) is 2.30. The summed E-state index contributed by atoms with van der Waals surface area (Å²) in [7, 11) is 0. The van der Waals surface area contributed by atoms with Gasteiger partial charge in [0, 0.05) is 5.41 Å². The van der Waals surface area contributed by atoms with Gasteiger partial charge in [-0.2, -0.15) is 0 Å². The lowest BCUT2D eigenvalue weighted by Crippen LogP contribution is -2.32. The highest BCUT2D eigenvalue weighted by Crippen LogP contribution is 2.22. The van der Waals surface area contributed by atoms with Crippen LogP contribution in [0.5, 0.6) is 0 Å². The van der Waals surface area contributed by atoms with E-state index < -0.39 is 0 Å². The Morgan fingerprint density at radius 2 is 1.89 bits per heavy atom. The number of aliphatic hydroxyl groups is 1. The van der Waals surface area contributed by atoms with Crippen LogP contribution in [-0.2, 0) is 0 Å². The standard InChI is InChI=1S/C13H29N3O2/c1-11(17)7-6-10-15-9-5-4-8-13(2,3)12(14)16-18/h11,15,17-18H,4-10H2,1-3H3,(H2,14,16). The number of hydrogen-bond acceptors (Lipinski definition) is 4. The van der Waals surface area contributed by atoms with Crippen LogP contribution in [0.1, 0.15) is 52.9 Å². The summed E-state index contributed by atoms with van der Waals surface area (Å²) in [5.41, 5.74) is 5.39. The van der Waals surface area contributed by atoms with Crippen molar-refractivity contribution in [3.8, 4) is 0 Å². The van der Waals surface area contributed by atoms with Crippen LogP contribution in [0.3, 0.4) is 0 Å². The van der Waals surface area contributed by atoms with E-state index in [2.05, 4.69) is 10.5 Å². The minimum atomic E-state index is -0.235. The van der Waals surface area contributed by atoms with Gasteiger partial charge in [-0.1, -0.05) is 25.4 Å². The number of nitrogens with zero attached hydrogens (tertiary/aromatic N) is 1. The zero-order valence-electron chi connectivity index (χ0n) is 11.9. The number of unbranched alkanes of at least 4 members (excludes halogenated alkanes) is 1. The molecule has 0 rings (SSSR count). The van der Waals surface area contributed by atoms with Crippen molar-refractivity contribution in [2.75, 3.05) is 13.1 Å². The molecule has 0 spiro atoms. The summed E-state index contributed by atoms with van der Waals surface area (Å²) in [5.74, 6) is 0.299. The molecule has 0 aromatic carbocycles. The van der Waals surface area contributed by atoms with Gasteiger partial charge < -0.3 is 21.4 Å². The number of nitrogens with two attached hydrogens (primary N) is 1. The van der Waals surface area contributed by atoms with Crippen molar-refractivity contribution in [3.63, 3.8) is 0 Å². The van der Waals surface area contributed by atoms with Gasteiger partial charge in [0.25, 0.3) is 0 Å². The molecule has 0 aliphatic rings. The molecule has 0 aromatic rings. The quantitative estimate of drug-likeness (QED) is 0.158. The lowest BCUT2D eigenvalue weighted by molar-refractivity contribution is 0.181. The third-order valence-electron chi connectivity index (χ3n) is 3.18. The van der Waals surface area contributed by atoms with Gasteiger partial charge in [0.05, 0.1) is 6.10 Å². The number of rotatable bonds is 10. The van der Waals surface area contributed by atoms with E-state index in [4.69, 9.17) is 16.0 Å². The minimum Gasteiger partial charge on any atom is -0.409 e. The molecule has 1 atom stereocenters. The van der Waals surface area contributed by atoms with Crippen LogP contribution in [-0.4, -0.2) is 35.3 Å². The van der Waals surface area contributed by atoms with E-state index in [1.54, 1.807) is 0 Å². The van der Waals surface area contributed by atoms with E-state index in [-0.39, 0.29) is 11.5 Å². The second-order valence-corrected chi connectivity index (χ2v) is 5.57. The third kappa shape index (κ3) is 8.31. The summed E-state index contributed by atoms with van der Waals surface area (Å²) in [6, 6.07) is 0. The molecule has 0 fully saturated rings. The smallest absolute Gasteiger partial charge is 0.144 e. The zero-order valence-corrected chi connectivity index (χ0v) is 11.9. The van der Waals surface area contributed by atoms with Gasteiger partial charge in [0.2, 0.25) is 0 Å². The van der Waals surface area contributed by atoms with E-state index >= 15 is 0 Å². The summed E-state index contributed by atoms with van der Waals surface area (Å²) in [6.07, 6.45) is 4.70. The molecule has 18 heavy (non-hydrogen) atoms. The predicted molar refractivity (Wildman–Crippen MR) is 74.8 cm³/mol. The Hall–Kier alpha value is -0.810. The summed E-state index contributed by atoms with van der Waals surface area (Å²) < 4.78 is 0. The molecule has 0 radical (unpaired) electrons. The molecule has 0 bridgehead atoms. The van der Waals surface area contributed by atoms with Crippen molar-refractivity contribution < 1.29 is 10.3 Å². The molecule has 108 valence electrons. The van der Waals surface area contributed by atoms with Crippen molar-refractivity contribution in [2.45, 2.75) is 59.0 Å². The second kappa shape index (κ2) is 9.16. The van der Waals surface area contributed by atoms with Crippen LogP contribution in [0.4, 0.5) is 0 Å². The molecular formula is C13H29N3O2. The van der Waals surface area contributed by atoms with E-state index in [9.17, 15) is 0 Å². The molecule has 0 saturated heterocycles. The first-order chi connectivity index (χ1) is 8.40. The number of aliphatic hydroxyl groups excluding tert-OH is 1. The van der Waals surface area contributed by atoms with Crippen LogP contribution in [0.25, 0.3) is 0 Å². The minimum absolute atomic E-state index is 0.201. The number of hydrogen-bond donors (Lipinski definition) is 4. The molecule has 5 N–H and O–H groups in total. The fourth-order valence-electron chi connectivity index (χ4n) is 1.73. The Kier molecular flexibility index (Phi) is 8.75. The topological polar surface area (TPSA) is 90.9 Å². The largest absolute Gasteiger partial charge is 0.409 e. The maximum atomic E-state index is 9.09. The van der Waals surface area contributed by atoms with Crippen molar-refractivity contribution in [3.05, 3.63) is 0 Å². The van der Waals surface area contributed by atoms with E-state index in [0.29, 0.717) is 5.84 Å². The molecule has 5 heteroatoms. The Labute approximate surface area is 110 Å². The highest BCUT2D eigenvalue weighted by molar-refractivity contribution is 5.85. The molecule has 0 aliphatic carbocycles. The zero-order chi connectivity index (χ0) is 14.0. The SMILES string of the molecule is CC(O)CCCNCCCCC(C)(C)C(N)=NO. The van der Waals surface area contributed by atoms with Gasteiger partial charge in [-0.05, 0) is 45.7 Å². The summed E-state index contributed by atoms with van der Waals surface area (Å²) in [6.45, 7) is 7.71. The maximum Gasteiger partial charge on any atom is 0.144 e. The van der Waals surface area contributed by atoms with Crippen molar-refractivity contribution in [2.24, 2.45) is 16.3 Å². The summed E-state index contributed by atoms with van der Waals surface area (Å²) in [5, 5.41) is 24.2. The molecule has 0 aliphatic heterocycles. The molecule has 0 aromatic heterocycles. The first kappa shape index (κ1) is 17.2. The van der Waals surface area contributed by atoms with Gasteiger partial charge in [-0.3, -0.25) is 0 Å². The number of oxime groups is 1. The van der Waals surface area contributed by atoms with Gasteiger partial charge in [0.1, 0.15) is 5.84 Å². The highest BCUT2D eigenvalue weighted by Gasteiger charge is 2.22. The Morgan fingerprint density at radius 3 is 2.44 bits per heavy atom. The van der Waals surface area contributed by atoms with Gasteiger partial charge in [-0.15, -0.1) is 0 Å². The van der Waals surface area contributed by atoms with Crippen LogP contribution < -0.4 is 11.1 Å². The molecule has 5 nitrogen and oxygen atoms in total. The van der Waals surface area contributed by atoms with Crippen molar-refractivity contribution in [1.29, 1.82) is 0 Å². The van der Waals surface area contributed by atoms with Gasteiger partial charge >= 0.3 is 0 Å². The summed E-state index contributed by atoms with van der Waals surface area (Å²) >= 11 is 0. The Balaban J connectivity index is 3.46. The normalized spacial score (nSPS) is 14.8. The molecule has 0 heterocycles. The predicted octanol–water partition coefficient (Wildman–Crippen LogP) is 1.68. The van der Waals surface area contributed by atoms with Crippen LogP contribution in [0.2, 0.25) is 0 Å². The van der Waals surface area contributed by atoms with Crippen LogP contribution in [0.15, 0.2) is 5.16 Å². The Morgan fingerprint density at radius 1 is 1.28 bits per heavy atom. The van der Waals surface area contributed by atoms with Crippen molar-refractivity contribution >= 4 is 5.84 Å². The monoisotopic (exact) mass is 259 g/mol. The van der Waals surface area contributed by atoms with Crippen molar-refractivity contribution in [1.82, 2.24) is 5.32 Å². The second-order valence-electron chi connectivity index (χ2n) is 5.57. The lowest BCUT2D eigenvalue weighted by Gasteiger charge is -2.22. The van der Waals surface area contributed by atoms with Gasteiger partial charge in [0.15, 0.2) is 0 Å². The number of amidine groups is 1. The van der Waals surface area contributed by atoms with Crippen LogP contribution >= 0.6 is 0 Å². The molecule has 1 unspecified atom stereocenters. The average molecular weight is 259 g/mol. The third-order valence-corrected chi connectivity index (χ3v) is 3.18. The number of nitrogens with one attached hydrogen (secondary N) is 1. The fourth-order valence-corrected chi connectivity index (χ4v) is 1.73. The first-order valence-electron chi connectivity index (χ1n) is 6.77. The molecule has 0 saturated carbocycles. The molecule has 0 amide bonds. The first-order valence-corrected chi connectivity index (χ1v) is 6.77. The van der Waals surface area contributed by atoms with E-state index in [1.165, 1.54) is 0 Å². The molecular weight excluding hydrogens is 230 g/mol.